The number of nitrogens with one attached hydrogen (secondary N) is 2. The summed E-state index contributed by atoms with van der Waals surface area (Å²) in [5, 5.41) is 6.27. The zero-order valence-electron chi connectivity index (χ0n) is 18.5. The lowest BCUT2D eigenvalue weighted by atomic mass is 10.2. The summed E-state index contributed by atoms with van der Waals surface area (Å²) in [5.74, 6) is 0.989. The first-order valence-corrected chi connectivity index (χ1v) is 11.1. The predicted molar refractivity (Wildman–Crippen MR) is 129 cm³/mol. The van der Waals surface area contributed by atoms with E-state index in [0.29, 0.717) is 54.6 Å². The summed E-state index contributed by atoms with van der Waals surface area (Å²) in [6, 6.07) is 22.2. The van der Waals surface area contributed by atoms with Crippen LogP contribution in [0.3, 0.4) is 0 Å². The number of ether oxygens (including phenoxy) is 2. The van der Waals surface area contributed by atoms with Gasteiger partial charge in [-0.05, 0) is 53.9 Å². The Bertz CT molecular complexity index is 1060. The molecule has 0 aromatic heterocycles. The minimum atomic E-state index is -0.186. The molecule has 3 aromatic rings. The fraction of sp³-hybridized carbons (Fsp3) is 0.231. The van der Waals surface area contributed by atoms with Crippen LogP contribution in [0.2, 0.25) is 5.02 Å². The third-order valence-electron chi connectivity index (χ3n) is 4.93. The molecule has 0 aliphatic rings. The Balaban J connectivity index is 1.39. The molecule has 0 aliphatic carbocycles. The molecule has 0 saturated carbocycles. The molecule has 0 fully saturated rings. The van der Waals surface area contributed by atoms with Gasteiger partial charge in [0.05, 0.1) is 7.11 Å². The van der Waals surface area contributed by atoms with E-state index in [9.17, 15) is 9.59 Å². The van der Waals surface area contributed by atoms with Gasteiger partial charge in [-0.15, -0.1) is 0 Å². The van der Waals surface area contributed by atoms with E-state index in [1.807, 2.05) is 48.5 Å². The summed E-state index contributed by atoms with van der Waals surface area (Å²) >= 11 is 5.82. The molecule has 0 atom stereocenters. The Hall–Kier alpha value is -3.51. The second kappa shape index (κ2) is 12.5. The standard InChI is InChI=1S/C26H27ClN2O4/c1-32-24-16-20(9-14-23(24)33-18-19-6-3-2-4-7-19)17-29-25(30)8-5-15-28-26(31)21-10-12-22(27)13-11-21/h2-4,6-7,9-14,16H,5,8,15,17-18H2,1H3,(H,28,31)(H,29,30). The van der Waals surface area contributed by atoms with Crippen LogP contribution in [0, 0.1) is 0 Å². The van der Waals surface area contributed by atoms with E-state index in [0.717, 1.165) is 11.1 Å². The van der Waals surface area contributed by atoms with Gasteiger partial charge < -0.3 is 20.1 Å². The number of amides is 2. The van der Waals surface area contributed by atoms with Crippen molar-refractivity contribution >= 4 is 23.4 Å². The fourth-order valence-corrected chi connectivity index (χ4v) is 3.25. The third kappa shape index (κ3) is 7.84. The van der Waals surface area contributed by atoms with Crippen molar-refractivity contribution in [2.75, 3.05) is 13.7 Å². The van der Waals surface area contributed by atoms with E-state index in [4.69, 9.17) is 21.1 Å². The molecule has 0 aliphatic heterocycles. The van der Waals surface area contributed by atoms with E-state index in [2.05, 4.69) is 10.6 Å². The van der Waals surface area contributed by atoms with Crippen molar-refractivity contribution in [2.45, 2.75) is 26.0 Å². The topological polar surface area (TPSA) is 76.7 Å². The predicted octanol–water partition coefficient (Wildman–Crippen LogP) is 4.75. The van der Waals surface area contributed by atoms with Crippen LogP contribution in [0.25, 0.3) is 0 Å². The number of hydrogen-bond donors (Lipinski definition) is 2. The van der Waals surface area contributed by atoms with Gasteiger partial charge in [0, 0.05) is 30.1 Å². The van der Waals surface area contributed by atoms with Crippen molar-refractivity contribution in [2.24, 2.45) is 0 Å². The molecular formula is C26H27ClN2O4. The first kappa shape index (κ1) is 24.1. The molecule has 0 saturated heterocycles. The lowest BCUT2D eigenvalue weighted by Crippen LogP contribution is -2.27. The SMILES string of the molecule is COc1cc(CNC(=O)CCCNC(=O)c2ccc(Cl)cc2)ccc1OCc1ccccc1. The normalized spacial score (nSPS) is 10.4. The highest BCUT2D eigenvalue weighted by Gasteiger charge is 2.09. The molecule has 0 heterocycles. The van der Waals surface area contributed by atoms with E-state index >= 15 is 0 Å². The molecule has 3 rings (SSSR count). The zero-order chi connectivity index (χ0) is 23.5. The first-order valence-electron chi connectivity index (χ1n) is 10.7. The van der Waals surface area contributed by atoms with Gasteiger partial charge in [-0.25, -0.2) is 0 Å². The highest BCUT2D eigenvalue weighted by atomic mass is 35.5. The van der Waals surface area contributed by atoms with Crippen LogP contribution >= 0.6 is 11.6 Å². The highest BCUT2D eigenvalue weighted by Crippen LogP contribution is 2.28. The summed E-state index contributed by atoms with van der Waals surface area (Å²) in [5.41, 5.74) is 2.51. The minimum Gasteiger partial charge on any atom is -0.493 e. The lowest BCUT2D eigenvalue weighted by Gasteiger charge is -2.13. The second-order valence-corrected chi connectivity index (χ2v) is 7.84. The van der Waals surface area contributed by atoms with Gasteiger partial charge in [-0.2, -0.15) is 0 Å². The van der Waals surface area contributed by atoms with Crippen LogP contribution in [0.1, 0.15) is 34.3 Å². The van der Waals surface area contributed by atoms with Crippen molar-refractivity contribution < 1.29 is 19.1 Å². The van der Waals surface area contributed by atoms with Crippen LogP contribution in [0.15, 0.2) is 72.8 Å². The number of carbonyl (C=O) groups is 2. The van der Waals surface area contributed by atoms with Gasteiger partial charge in [0.1, 0.15) is 6.61 Å². The third-order valence-corrected chi connectivity index (χ3v) is 5.18. The average molecular weight is 467 g/mol. The summed E-state index contributed by atoms with van der Waals surface area (Å²) < 4.78 is 11.3. The summed E-state index contributed by atoms with van der Waals surface area (Å²) in [4.78, 5) is 24.2. The molecule has 7 heteroatoms. The van der Waals surface area contributed by atoms with Crippen molar-refractivity contribution in [3.63, 3.8) is 0 Å². The van der Waals surface area contributed by atoms with Crippen molar-refractivity contribution in [3.05, 3.63) is 94.5 Å². The van der Waals surface area contributed by atoms with Gasteiger partial charge >= 0.3 is 0 Å². The largest absolute Gasteiger partial charge is 0.493 e. The van der Waals surface area contributed by atoms with Crippen molar-refractivity contribution in [3.8, 4) is 11.5 Å². The van der Waals surface area contributed by atoms with E-state index in [-0.39, 0.29) is 11.8 Å². The molecular weight excluding hydrogens is 440 g/mol. The van der Waals surface area contributed by atoms with Crippen molar-refractivity contribution in [1.82, 2.24) is 10.6 Å². The second-order valence-electron chi connectivity index (χ2n) is 7.40. The number of hydrogen-bond acceptors (Lipinski definition) is 4. The number of halogens is 1. The monoisotopic (exact) mass is 466 g/mol. The van der Waals surface area contributed by atoms with Gasteiger partial charge in [0.25, 0.3) is 5.91 Å². The molecule has 0 unspecified atom stereocenters. The Morgan fingerprint density at radius 3 is 2.36 bits per heavy atom. The molecule has 0 bridgehead atoms. The molecule has 172 valence electrons. The lowest BCUT2D eigenvalue weighted by molar-refractivity contribution is -0.121. The molecule has 6 nitrogen and oxygen atoms in total. The van der Waals surface area contributed by atoms with E-state index in [1.54, 1.807) is 31.4 Å². The van der Waals surface area contributed by atoms with Crippen molar-refractivity contribution in [1.29, 1.82) is 0 Å². The zero-order valence-corrected chi connectivity index (χ0v) is 19.2. The quantitative estimate of drug-likeness (QED) is 0.400. The van der Waals surface area contributed by atoms with E-state index in [1.165, 1.54) is 0 Å². The van der Waals surface area contributed by atoms with Gasteiger partial charge in [0.2, 0.25) is 5.91 Å². The maximum atomic E-state index is 12.2. The van der Waals surface area contributed by atoms with Gasteiger partial charge in [0.15, 0.2) is 11.5 Å². The Morgan fingerprint density at radius 2 is 1.64 bits per heavy atom. The van der Waals surface area contributed by atoms with Crippen LogP contribution < -0.4 is 20.1 Å². The molecule has 0 radical (unpaired) electrons. The van der Waals surface area contributed by atoms with Crippen LogP contribution in [-0.2, 0) is 17.9 Å². The molecule has 2 N–H and O–H groups in total. The Kier molecular flexibility index (Phi) is 9.15. The Labute approximate surface area is 198 Å². The summed E-state index contributed by atoms with van der Waals surface area (Å²) in [6.07, 6.45) is 0.858. The van der Waals surface area contributed by atoms with Crippen LogP contribution in [-0.4, -0.2) is 25.5 Å². The number of rotatable bonds is 11. The number of benzene rings is 3. The molecule has 3 aromatic carbocycles. The molecule has 33 heavy (non-hydrogen) atoms. The molecule has 0 spiro atoms. The van der Waals surface area contributed by atoms with Gasteiger partial charge in [-0.3, -0.25) is 9.59 Å². The highest BCUT2D eigenvalue weighted by molar-refractivity contribution is 6.30. The maximum absolute atomic E-state index is 12.2. The van der Waals surface area contributed by atoms with E-state index < -0.39 is 0 Å². The Morgan fingerprint density at radius 1 is 0.879 bits per heavy atom. The van der Waals surface area contributed by atoms with Crippen LogP contribution in [0.5, 0.6) is 11.5 Å². The van der Waals surface area contributed by atoms with Crippen LogP contribution in [0.4, 0.5) is 0 Å². The first-order chi connectivity index (χ1) is 16.0. The summed E-state index contributed by atoms with van der Waals surface area (Å²) in [6.45, 7) is 1.24. The molecule has 2 amide bonds. The fourth-order valence-electron chi connectivity index (χ4n) is 3.12. The average Bonchev–Trinajstić information content (AvgIpc) is 2.85. The minimum absolute atomic E-state index is 0.0842. The maximum Gasteiger partial charge on any atom is 0.251 e. The number of carbonyl (C=O) groups excluding carboxylic acids is 2. The summed E-state index contributed by atoms with van der Waals surface area (Å²) in [7, 11) is 1.59. The smallest absolute Gasteiger partial charge is 0.251 e. The van der Waals surface area contributed by atoms with Gasteiger partial charge in [-0.1, -0.05) is 48.0 Å². The number of methoxy groups -OCH3 is 1.